The lowest BCUT2D eigenvalue weighted by molar-refractivity contribution is -0.142. The molecule has 1 fully saturated rings. The standard InChI is InChI=1S/C27H24F5N5O/c1-2-17-3-5-18(6-4-17)23-14-24(27(30,31)32)37-25(34-23)21(15-33-37)26(38)36-11-9-35(10-12-36)16-19-13-20(28)7-8-22(19)29/h3-8,13-15H,2,9-12,16H2,1H3. The van der Waals surface area contributed by atoms with E-state index < -0.39 is 29.4 Å². The predicted molar refractivity (Wildman–Crippen MR) is 130 cm³/mol. The lowest BCUT2D eigenvalue weighted by Crippen LogP contribution is -2.48. The number of aryl methyl sites for hydroxylation is 1. The zero-order chi connectivity index (χ0) is 27.0. The molecule has 2 aromatic heterocycles. The molecule has 2 aromatic carbocycles. The van der Waals surface area contributed by atoms with Crippen molar-refractivity contribution in [1.82, 2.24) is 24.4 Å². The minimum atomic E-state index is -4.72. The average molecular weight is 530 g/mol. The van der Waals surface area contributed by atoms with Crippen molar-refractivity contribution in [2.24, 2.45) is 0 Å². The number of halogens is 5. The van der Waals surface area contributed by atoms with Crippen molar-refractivity contribution < 1.29 is 26.7 Å². The maximum absolute atomic E-state index is 14.0. The van der Waals surface area contributed by atoms with E-state index in [0.717, 1.165) is 42.4 Å². The van der Waals surface area contributed by atoms with E-state index in [1.165, 1.54) is 4.90 Å². The van der Waals surface area contributed by atoms with E-state index in [0.29, 0.717) is 23.2 Å². The van der Waals surface area contributed by atoms with Crippen LogP contribution in [0.25, 0.3) is 16.9 Å². The van der Waals surface area contributed by atoms with Gasteiger partial charge in [-0.15, -0.1) is 0 Å². The zero-order valence-electron chi connectivity index (χ0n) is 20.5. The molecule has 0 spiro atoms. The SMILES string of the molecule is CCc1ccc(-c2cc(C(F)(F)F)n3ncc(C(=O)N4CCN(Cc5cc(F)ccc5F)CC4)c3n2)cc1. The smallest absolute Gasteiger partial charge is 0.336 e. The summed E-state index contributed by atoms with van der Waals surface area (Å²) in [6.07, 6.45) is -2.83. The molecule has 1 saturated heterocycles. The highest BCUT2D eigenvalue weighted by atomic mass is 19.4. The van der Waals surface area contributed by atoms with Crippen LogP contribution in [0.15, 0.2) is 54.7 Å². The van der Waals surface area contributed by atoms with Crippen molar-refractivity contribution in [2.45, 2.75) is 26.1 Å². The molecule has 1 aliphatic heterocycles. The van der Waals surface area contributed by atoms with E-state index in [1.54, 1.807) is 12.1 Å². The first kappa shape index (κ1) is 25.8. The number of hydrogen-bond acceptors (Lipinski definition) is 4. The molecule has 0 atom stereocenters. The first-order valence-corrected chi connectivity index (χ1v) is 12.1. The molecule has 0 saturated carbocycles. The Bertz CT molecular complexity index is 1470. The van der Waals surface area contributed by atoms with E-state index in [1.807, 2.05) is 24.0 Å². The Labute approximate surface area is 215 Å². The van der Waals surface area contributed by atoms with Crippen LogP contribution in [0, 0.1) is 11.6 Å². The van der Waals surface area contributed by atoms with E-state index >= 15 is 0 Å². The molecule has 0 radical (unpaired) electrons. The predicted octanol–water partition coefficient (Wildman–Crippen LogP) is 5.21. The Hall–Kier alpha value is -3.86. The van der Waals surface area contributed by atoms with Gasteiger partial charge in [-0.3, -0.25) is 9.69 Å². The van der Waals surface area contributed by atoms with Gasteiger partial charge in [0, 0.05) is 43.9 Å². The zero-order valence-corrected chi connectivity index (χ0v) is 20.5. The molecule has 0 unspecified atom stereocenters. The fraction of sp³-hybridized carbons (Fsp3) is 0.296. The third kappa shape index (κ3) is 5.10. The van der Waals surface area contributed by atoms with Gasteiger partial charge in [-0.05, 0) is 36.2 Å². The highest BCUT2D eigenvalue weighted by Gasteiger charge is 2.36. The largest absolute Gasteiger partial charge is 0.433 e. The topological polar surface area (TPSA) is 53.7 Å². The Balaban J connectivity index is 1.40. The Morgan fingerprint density at radius 1 is 0.974 bits per heavy atom. The number of nitrogens with zero attached hydrogens (tertiary/aromatic N) is 5. The van der Waals surface area contributed by atoms with Gasteiger partial charge < -0.3 is 4.90 Å². The van der Waals surface area contributed by atoms with Gasteiger partial charge >= 0.3 is 6.18 Å². The van der Waals surface area contributed by atoms with Gasteiger partial charge in [0.2, 0.25) is 0 Å². The van der Waals surface area contributed by atoms with Crippen LogP contribution in [0.5, 0.6) is 0 Å². The number of carbonyl (C=O) groups is 1. The minimum absolute atomic E-state index is 0.0350. The Kier molecular flexibility index (Phi) is 6.87. The highest BCUT2D eigenvalue weighted by Crippen LogP contribution is 2.33. The summed E-state index contributed by atoms with van der Waals surface area (Å²) in [4.78, 5) is 21.2. The molecule has 3 heterocycles. The van der Waals surface area contributed by atoms with Gasteiger partial charge in [0.25, 0.3) is 5.91 Å². The number of carbonyl (C=O) groups excluding carboxylic acids is 1. The lowest BCUT2D eigenvalue weighted by Gasteiger charge is -2.34. The van der Waals surface area contributed by atoms with Gasteiger partial charge in [-0.25, -0.2) is 18.3 Å². The van der Waals surface area contributed by atoms with Crippen LogP contribution in [0.3, 0.4) is 0 Å². The number of amides is 1. The normalized spacial score (nSPS) is 14.8. The second-order valence-electron chi connectivity index (χ2n) is 9.17. The molecule has 0 aliphatic carbocycles. The Morgan fingerprint density at radius 3 is 2.34 bits per heavy atom. The van der Waals surface area contributed by atoms with Gasteiger partial charge in [0.05, 0.1) is 11.9 Å². The highest BCUT2D eigenvalue weighted by molar-refractivity contribution is 6.00. The van der Waals surface area contributed by atoms with Gasteiger partial charge in [0.1, 0.15) is 17.2 Å². The summed E-state index contributed by atoms with van der Waals surface area (Å²) in [5.74, 6) is -1.53. The van der Waals surface area contributed by atoms with E-state index in [9.17, 15) is 26.7 Å². The molecule has 0 bridgehead atoms. The first-order chi connectivity index (χ1) is 18.1. The average Bonchev–Trinajstić information content (AvgIpc) is 3.33. The first-order valence-electron chi connectivity index (χ1n) is 12.1. The van der Waals surface area contributed by atoms with Crippen molar-refractivity contribution in [3.8, 4) is 11.3 Å². The summed E-state index contributed by atoms with van der Waals surface area (Å²) in [5, 5.41) is 3.85. The summed E-state index contributed by atoms with van der Waals surface area (Å²) < 4.78 is 70.0. The molecule has 5 rings (SSSR count). The number of benzene rings is 2. The second kappa shape index (κ2) is 10.1. The maximum Gasteiger partial charge on any atom is 0.433 e. The number of aromatic nitrogens is 3. The quantitative estimate of drug-likeness (QED) is 0.333. The van der Waals surface area contributed by atoms with Crippen LogP contribution in [-0.4, -0.2) is 56.5 Å². The molecule has 4 aromatic rings. The lowest BCUT2D eigenvalue weighted by atomic mass is 10.1. The third-order valence-corrected chi connectivity index (χ3v) is 6.71. The molecule has 1 aliphatic rings. The second-order valence-corrected chi connectivity index (χ2v) is 9.17. The molecular weight excluding hydrogens is 505 g/mol. The number of piperazine rings is 1. The molecule has 0 N–H and O–H groups in total. The van der Waals surface area contributed by atoms with Gasteiger partial charge in [-0.2, -0.15) is 18.3 Å². The van der Waals surface area contributed by atoms with Gasteiger partial charge in [-0.1, -0.05) is 31.2 Å². The van der Waals surface area contributed by atoms with Crippen LogP contribution in [0.1, 0.15) is 34.1 Å². The van der Waals surface area contributed by atoms with Crippen molar-refractivity contribution >= 4 is 11.6 Å². The van der Waals surface area contributed by atoms with Crippen molar-refractivity contribution in [3.63, 3.8) is 0 Å². The summed E-state index contributed by atoms with van der Waals surface area (Å²) in [6.45, 7) is 3.45. The van der Waals surface area contributed by atoms with Crippen LogP contribution in [-0.2, 0) is 19.1 Å². The fourth-order valence-corrected chi connectivity index (χ4v) is 4.56. The number of rotatable bonds is 5. The van der Waals surface area contributed by atoms with E-state index in [-0.39, 0.29) is 42.1 Å². The Morgan fingerprint density at radius 2 is 1.68 bits per heavy atom. The molecule has 6 nitrogen and oxygen atoms in total. The molecule has 38 heavy (non-hydrogen) atoms. The fourth-order valence-electron chi connectivity index (χ4n) is 4.56. The maximum atomic E-state index is 14.0. The van der Waals surface area contributed by atoms with E-state index in [2.05, 4.69) is 10.1 Å². The van der Waals surface area contributed by atoms with Gasteiger partial charge in [0.15, 0.2) is 11.3 Å². The van der Waals surface area contributed by atoms with Crippen LogP contribution in [0.2, 0.25) is 0 Å². The summed E-state index contributed by atoms with van der Waals surface area (Å²) >= 11 is 0. The number of fused-ring (bicyclic) bond motifs is 1. The molecule has 1 amide bonds. The summed E-state index contributed by atoms with van der Waals surface area (Å²) in [6, 6.07) is 11.3. The van der Waals surface area contributed by atoms with Crippen molar-refractivity contribution in [2.75, 3.05) is 26.2 Å². The summed E-state index contributed by atoms with van der Waals surface area (Å²) in [7, 11) is 0. The van der Waals surface area contributed by atoms with Crippen molar-refractivity contribution in [1.29, 1.82) is 0 Å². The van der Waals surface area contributed by atoms with Crippen LogP contribution in [0.4, 0.5) is 22.0 Å². The summed E-state index contributed by atoms with van der Waals surface area (Å²) in [5.41, 5.74) is 0.590. The van der Waals surface area contributed by atoms with E-state index in [4.69, 9.17) is 0 Å². The monoisotopic (exact) mass is 529 g/mol. The molecule has 11 heteroatoms. The molecular formula is C27H24F5N5O. The molecule has 198 valence electrons. The number of alkyl halides is 3. The number of hydrogen-bond donors (Lipinski definition) is 0. The van der Waals surface area contributed by atoms with Crippen LogP contribution < -0.4 is 0 Å². The van der Waals surface area contributed by atoms with Crippen LogP contribution >= 0.6 is 0 Å². The van der Waals surface area contributed by atoms with Crippen molar-refractivity contribution in [3.05, 3.63) is 88.7 Å². The third-order valence-electron chi connectivity index (χ3n) is 6.71. The minimum Gasteiger partial charge on any atom is -0.336 e.